The Morgan fingerprint density at radius 1 is 1.18 bits per heavy atom. The summed E-state index contributed by atoms with van der Waals surface area (Å²) < 4.78 is 10.8. The molecule has 0 amide bonds. The van der Waals surface area contributed by atoms with Crippen molar-refractivity contribution >= 4 is 11.9 Å². The Balaban J connectivity index is 1.89. The van der Waals surface area contributed by atoms with Gasteiger partial charge in [-0.3, -0.25) is 4.79 Å². The highest BCUT2D eigenvalue weighted by Gasteiger charge is 2.58. The van der Waals surface area contributed by atoms with Crippen LogP contribution in [0.2, 0.25) is 0 Å². The van der Waals surface area contributed by atoms with Crippen LogP contribution in [0.5, 0.6) is 0 Å². The molecule has 0 aromatic heterocycles. The molecule has 28 heavy (non-hydrogen) atoms. The minimum absolute atomic E-state index is 0.0251. The number of allylic oxidation sites excluding steroid dienone is 2. The molecule has 2 fully saturated rings. The third-order valence-electron chi connectivity index (χ3n) is 7.74. The second-order valence-electron chi connectivity index (χ2n) is 10.7. The van der Waals surface area contributed by atoms with E-state index >= 15 is 0 Å². The van der Waals surface area contributed by atoms with Crippen LogP contribution in [0, 0.1) is 28.6 Å². The van der Waals surface area contributed by atoms with E-state index < -0.39 is 11.6 Å². The molecule has 0 aliphatic heterocycles. The average molecular weight is 392 g/mol. The molecule has 0 saturated heterocycles. The van der Waals surface area contributed by atoms with Crippen molar-refractivity contribution in [2.24, 2.45) is 28.6 Å². The average Bonchev–Trinajstić information content (AvgIpc) is 3.20. The van der Waals surface area contributed by atoms with Gasteiger partial charge in [0.1, 0.15) is 11.6 Å². The first-order chi connectivity index (χ1) is 12.9. The fraction of sp³-hybridized carbons (Fsp3) is 0.826. The van der Waals surface area contributed by atoms with Gasteiger partial charge in [-0.1, -0.05) is 33.3 Å². The molecule has 2 bridgehead atoms. The maximum absolute atomic E-state index is 13.2. The van der Waals surface area contributed by atoms with Gasteiger partial charge in [0.25, 0.3) is 0 Å². The van der Waals surface area contributed by atoms with Gasteiger partial charge in [0.05, 0.1) is 13.0 Å². The Labute approximate surface area is 169 Å². The predicted molar refractivity (Wildman–Crippen MR) is 108 cm³/mol. The summed E-state index contributed by atoms with van der Waals surface area (Å²) in [5, 5.41) is 3.60. The molecule has 0 spiro atoms. The summed E-state index contributed by atoms with van der Waals surface area (Å²) in [5.41, 5.74) is 0.783. The van der Waals surface area contributed by atoms with E-state index in [1.807, 2.05) is 20.8 Å². The number of carbonyl (C=O) groups is 2. The van der Waals surface area contributed by atoms with Gasteiger partial charge in [-0.2, -0.15) is 0 Å². The standard InChI is InChI=1S/C23H37NO4/c1-21(2,3)28-20(26)18(15-9-8-10-16(15)19(25)27-7)24-17-13-14-11-12-23(17,6)22(14,4)5/h13-16,18,24H,8-12H2,1-7H3/t14?,15-,16+,18?,23?/m0/s1. The molecule has 3 rings (SSSR count). The van der Waals surface area contributed by atoms with Crippen LogP contribution in [0.4, 0.5) is 0 Å². The van der Waals surface area contributed by atoms with Crippen LogP contribution in [0.1, 0.15) is 73.6 Å². The van der Waals surface area contributed by atoms with Crippen LogP contribution in [0.3, 0.4) is 0 Å². The second-order valence-corrected chi connectivity index (χ2v) is 10.7. The number of carbonyl (C=O) groups excluding carboxylic acids is 2. The SMILES string of the molecule is COC(=O)[C@@H]1CCC[C@@H]1C(NC1=CC2CCC1(C)C2(C)C)C(=O)OC(C)(C)C. The van der Waals surface area contributed by atoms with Crippen molar-refractivity contribution < 1.29 is 19.1 Å². The van der Waals surface area contributed by atoms with Gasteiger partial charge in [0.2, 0.25) is 0 Å². The van der Waals surface area contributed by atoms with E-state index in [0.717, 1.165) is 31.4 Å². The van der Waals surface area contributed by atoms with E-state index in [4.69, 9.17) is 9.47 Å². The van der Waals surface area contributed by atoms with Gasteiger partial charge in [-0.05, 0) is 57.8 Å². The van der Waals surface area contributed by atoms with E-state index in [2.05, 4.69) is 32.2 Å². The van der Waals surface area contributed by atoms with Crippen molar-refractivity contribution in [2.45, 2.75) is 85.3 Å². The lowest BCUT2D eigenvalue weighted by molar-refractivity contribution is -0.160. The first kappa shape index (κ1) is 21.2. The molecule has 5 atom stereocenters. The second kappa shape index (κ2) is 7.07. The number of hydrogen-bond donors (Lipinski definition) is 1. The van der Waals surface area contributed by atoms with Gasteiger partial charge in [-0.15, -0.1) is 0 Å². The number of methoxy groups -OCH3 is 1. The highest BCUT2D eigenvalue weighted by molar-refractivity contribution is 5.80. The molecular formula is C23H37NO4. The number of rotatable bonds is 5. The Morgan fingerprint density at radius 3 is 2.36 bits per heavy atom. The number of ether oxygens (including phenoxy) is 2. The minimum atomic E-state index is -0.567. The van der Waals surface area contributed by atoms with Crippen LogP contribution in [0.25, 0.3) is 0 Å². The van der Waals surface area contributed by atoms with E-state index in [9.17, 15) is 9.59 Å². The molecule has 0 aromatic carbocycles. The van der Waals surface area contributed by atoms with Crippen molar-refractivity contribution in [3.05, 3.63) is 11.8 Å². The maximum atomic E-state index is 13.2. The molecule has 0 radical (unpaired) electrons. The molecular weight excluding hydrogens is 354 g/mol. The highest BCUT2D eigenvalue weighted by atomic mass is 16.6. The summed E-state index contributed by atoms with van der Waals surface area (Å²) in [5.74, 6) is -0.312. The zero-order chi connectivity index (χ0) is 20.9. The van der Waals surface area contributed by atoms with E-state index in [1.165, 1.54) is 13.5 Å². The largest absolute Gasteiger partial charge is 0.469 e. The first-order valence-corrected chi connectivity index (χ1v) is 10.7. The summed E-state index contributed by atoms with van der Waals surface area (Å²) in [6.45, 7) is 12.6. The normalized spacial score (nSPS) is 34.7. The Morgan fingerprint density at radius 2 is 1.86 bits per heavy atom. The lowest BCUT2D eigenvalue weighted by Gasteiger charge is -2.40. The van der Waals surface area contributed by atoms with E-state index in [1.54, 1.807) is 0 Å². The van der Waals surface area contributed by atoms with Crippen LogP contribution < -0.4 is 5.32 Å². The monoisotopic (exact) mass is 391 g/mol. The zero-order valence-corrected chi connectivity index (χ0v) is 18.6. The van der Waals surface area contributed by atoms with E-state index in [0.29, 0.717) is 5.92 Å². The van der Waals surface area contributed by atoms with Gasteiger partial charge in [-0.25, -0.2) is 4.79 Å². The topological polar surface area (TPSA) is 64.6 Å². The summed E-state index contributed by atoms with van der Waals surface area (Å²) in [4.78, 5) is 25.5. The molecule has 2 saturated carbocycles. The molecule has 158 valence electrons. The third-order valence-corrected chi connectivity index (χ3v) is 7.74. The molecule has 3 aliphatic rings. The quantitative estimate of drug-likeness (QED) is 0.711. The number of nitrogens with one attached hydrogen (secondary N) is 1. The van der Waals surface area contributed by atoms with Crippen LogP contribution in [-0.2, 0) is 19.1 Å². The lowest BCUT2D eigenvalue weighted by Crippen LogP contribution is -2.50. The number of esters is 2. The van der Waals surface area contributed by atoms with Crippen LogP contribution in [-0.4, -0.2) is 30.7 Å². The lowest BCUT2D eigenvalue weighted by atomic mass is 9.69. The Bertz CT molecular complexity index is 675. The molecule has 5 heteroatoms. The molecule has 3 aliphatic carbocycles. The number of hydrogen-bond acceptors (Lipinski definition) is 5. The zero-order valence-electron chi connectivity index (χ0n) is 18.6. The third kappa shape index (κ3) is 3.46. The molecule has 5 nitrogen and oxygen atoms in total. The number of fused-ring (bicyclic) bond motifs is 2. The van der Waals surface area contributed by atoms with Crippen molar-refractivity contribution in [3.8, 4) is 0 Å². The van der Waals surface area contributed by atoms with E-state index in [-0.39, 0.29) is 34.6 Å². The van der Waals surface area contributed by atoms with Crippen molar-refractivity contribution in [3.63, 3.8) is 0 Å². The summed E-state index contributed by atoms with van der Waals surface area (Å²) >= 11 is 0. The molecule has 1 N–H and O–H groups in total. The Hall–Kier alpha value is -1.52. The summed E-state index contributed by atoms with van der Waals surface area (Å²) in [6.07, 6.45) is 7.16. The fourth-order valence-corrected chi connectivity index (χ4v) is 5.61. The maximum Gasteiger partial charge on any atom is 0.329 e. The van der Waals surface area contributed by atoms with Gasteiger partial charge < -0.3 is 14.8 Å². The van der Waals surface area contributed by atoms with Gasteiger partial charge >= 0.3 is 11.9 Å². The summed E-state index contributed by atoms with van der Waals surface area (Å²) in [7, 11) is 1.43. The fourth-order valence-electron chi connectivity index (χ4n) is 5.61. The van der Waals surface area contributed by atoms with Crippen molar-refractivity contribution in [1.29, 1.82) is 0 Å². The molecule has 0 aromatic rings. The molecule has 3 unspecified atom stereocenters. The predicted octanol–water partition coefficient (Wildman–Crippen LogP) is 4.22. The van der Waals surface area contributed by atoms with Crippen LogP contribution >= 0.6 is 0 Å². The van der Waals surface area contributed by atoms with Crippen molar-refractivity contribution in [1.82, 2.24) is 5.32 Å². The first-order valence-electron chi connectivity index (χ1n) is 10.7. The smallest absolute Gasteiger partial charge is 0.329 e. The van der Waals surface area contributed by atoms with Crippen molar-refractivity contribution in [2.75, 3.05) is 7.11 Å². The Kier molecular flexibility index (Phi) is 5.35. The van der Waals surface area contributed by atoms with Crippen LogP contribution in [0.15, 0.2) is 11.8 Å². The van der Waals surface area contributed by atoms with Gasteiger partial charge in [0, 0.05) is 17.0 Å². The minimum Gasteiger partial charge on any atom is -0.469 e. The highest BCUT2D eigenvalue weighted by Crippen LogP contribution is 2.64. The van der Waals surface area contributed by atoms with Gasteiger partial charge in [0.15, 0.2) is 0 Å². The summed E-state index contributed by atoms with van der Waals surface area (Å²) in [6, 6.07) is -0.524. The molecule has 0 heterocycles.